The van der Waals surface area contributed by atoms with Crippen molar-refractivity contribution in [2.24, 2.45) is 5.73 Å². The first-order chi connectivity index (χ1) is 6.86. The fraction of sp³-hybridized carbons (Fsp3) is 0.500. The second-order valence-electron chi connectivity index (χ2n) is 3.03. The van der Waals surface area contributed by atoms with Crippen LogP contribution in [-0.2, 0) is 6.54 Å². The zero-order chi connectivity index (χ0) is 10.2. The molecule has 0 spiro atoms. The summed E-state index contributed by atoms with van der Waals surface area (Å²) < 4.78 is 0. The Morgan fingerprint density at radius 3 is 2.93 bits per heavy atom. The largest absolute Gasteiger partial charge is 0.330 e. The molecule has 14 heavy (non-hydrogen) atoms. The van der Waals surface area contributed by atoms with Crippen LogP contribution >= 0.6 is 11.8 Å². The van der Waals surface area contributed by atoms with Crippen LogP contribution < -0.4 is 11.1 Å². The second-order valence-corrected chi connectivity index (χ2v) is 3.85. The van der Waals surface area contributed by atoms with Gasteiger partial charge in [-0.2, -0.15) is 0 Å². The molecular formula is C10H17N3S. The van der Waals surface area contributed by atoms with Gasteiger partial charge in [0.05, 0.1) is 5.03 Å². The summed E-state index contributed by atoms with van der Waals surface area (Å²) in [5.41, 5.74) is 6.61. The van der Waals surface area contributed by atoms with Gasteiger partial charge in [-0.3, -0.25) is 0 Å². The third-order valence-corrected chi connectivity index (χ3v) is 2.55. The van der Waals surface area contributed by atoms with E-state index in [1.165, 1.54) is 5.56 Å². The molecule has 0 aliphatic rings. The highest BCUT2D eigenvalue weighted by atomic mass is 32.2. The molecule has 0 saturated carbocycles. The van der Waals surface area contributed by atoms with Crippen LogP contribution in [-0.4, -0.2) is 24.3 Å². The standard InChI is InChI=1S/C10H17N3S/c1-14-10-4-3-9(8-13-10)7-12-6-2-5-11/h3-4,8,12H,2,5-7,11H2,1H3. The van der Waals surface area contributed by atoms with Crippen molar-refractivity contribution in [1.82, 2.24) is 10.3 Å². The summed E-state index contributed by atoms with van der Waals surface area (Å²) in [4.78, 5) is 4.29. The Balaban J connectivity index is 2.29. The number of aromatic nitrogens is 1. The van der Waals surface area contributed by atoms with Gasteiger partial charge in [0.2, 0.25) is 0 Å². The molecule has 0 aliphatic heterocycles. The van der Waals surface area contributed by atoms with E-state index < -0.39 is 0 Å². The van der Waals surface area contributed by atoms with Crippen molar-refractivity contribution in [3.63, 3.8) is 0 Å². The quantitative estimate of drug-likeness (QED) is 0.549. The lowest BCUT2D eigenvalue weighted by atomic mass is 10.3. The van der Waals surface area contributed by atoms with Gasteiger partial charge in [-0.25, -0.2) is 4.98 Å². The topological polar surface area (TPSA) is 50.9 Å². The van der Waals surface area contributed by atoms with Crippen molar-refractivity contribution in [1.29, 1.82) is 0 Å². The highest BCUT2D eigenvalue weighted by Crippen LogP contribution is 2.10. The van der Waals surface area contributed by atoms with Crippen LogP contribution in [0.25, 0.3) is 0 Å². The summed E-state index contributed by atoms with van der Waals surface area (Å²) in [6.45, 7) is 2.60. The van der Waals surface area contributed by atoms with E-state index in [0.29, 0.717) is 0 Å². The summed E-state index contributed by atoms with van der Waals surface area (Å²) in [7, 11) is 0. The van der Waals surface area contributed by atoms with E-state index >= 15 is 0 Å². The molecule has 1 aromatic rings. The molecule has 78 valence electrons. The van der Waals surface area contributed by atoms with Gasteiger partial charge in [0, 0.05) is 12.7 Å². The minimum absolute atomic E-state index is 0.747. The van der Waals surface area contributed by atoms with Crippen molar-refractivity contribution in [2.75, 3.05) is 19.3 Å². The molecule has 4 heteroatoms. The third-order valence-electron chi connectivity index (χ3n) is 1.89. The summed E-state index contributed by atoms with van der Waals surface area (Å²) >= 11 is 1.66. The first kappa shape index (κ1) is 11.5. The van der Waals surface area contributed by atoms with Crippen molar-refractivity contribution in [2.45, 2.75) is 18.0 Å². The molecule has 0 saturated heterocycles. The van der Waals surface area contributed by atoms with Crippen LogP contribution in [0.2, 0.25) is 0 Å². The van der Waals surface area contributed by atoms with E-state index in [-0.39, 0.29) is 0 Å². The molecule has 0 aliphatic carbocycles. The smallest absolute Gasteiger partial charge is 0.0957 e. The average molecular weight is 211 g/mol. The van der Waals surface area contributed by atoms with Crippen molar-refractivity contribution in [3.05, 3.63) is 23.9 Å². The fourth-order valence-electron chi connectivity index (χ4n) is 1.10. The van der Waals surface area contributed by atoms with Crippen LogP contribution in [0.4, 0.5) is 0 Å². The molecule has 0 aromatic carbocycles. The Morgan fingerprint density at radius 2 is 2.36 bits per heavy atom. The molecule has 0 radical (unpaired) electrons. The maximum absolute atomic E-state index is 5.39. The van der Waals surface area contributed by atoms with Crippen molar-refractivity contribution < 1.29 is 0 Å². The van der Waals surface area contributed by atoms with Crippen molar-refractivity contribution >= 4 is 11.8 Å². The van der Waals surface area contributed by atoms with Gasteiger partial charge in [0.1, 0.15) is 0 Å². The van der Waals surface area contributed by atoms with E-state index in [0.717, 1.165) is 31.1 Å². The number of nitrogens with zero attached hydrogens (tertiary/aromatic N) is 1. The van der Waals surface area contributed by atoms with E-state index in [9.17, 15) is 0 Å². The first-order valence-corrected chi connectivity index (χ1v) is 5.99. The zero-order valence-electron chi connectivity index (χ0n) is 8.49. The molecule has 1 rings (SSSR count). The number of thioether (sulfide) groups is 1. The highest BCUT2D eigenvalue weighted by molar-refractivity contribution is 7.98. The molecule has 1 heterocycles. The van der Waals surface area contributed by atoms with Gasteiger partial charge >= 0.3 is 0 Å². The summed E-state index contributed by atoms with van der Waals surface area (Å²) in [5, 5.41) is 4.38. The number of nitrogens with two attached hydrogens (primary N) is 1. The average Bonchev–Trinajstić information content (AvgIpc) is 2.25. The van der Waals surface area contributed by atoms with E-state index in [1.54, 1.807) is 11.8 Å². The normalized spacial score (nSPS) is 10.4. The highest BCUT2D eigenvalue weighted by Gasteiger charge is 1.94. The predicted molar refractivity (Wildman–Crippen MR) is 61.4 cm³/mol. The molecule has 0 fully saturated rings. The van der Waals surface area contributed by atoms with Crippen LogP contribution in [0.5, 0.6) is 0 Å². The molecule has 3 N–H and O–H groups in total. The first-order valence-electron chi connectivity index (χ1n) is 4.76. The van der Waals surface area contributed by atoms with Gasteiger partial charge in [-0.1, -0.05) is 6.07 Å². The van der Waals surface area contributed by atoms with E-state index in [1.807, 2.05) is 18.5 Å². The molecule has 3 nitrogen and oxygen atoms in total. The maximum Gasteiger partial charge on any atom is 0.0957 e. The second kappa shape index (κ2) is 6.81. The Bertz CT molecular complexity index is 248. The lowest BCUT2D eigenvalue weighted by Gasteiger charge is -2.03. The molecule has 1 aromatic heterocycles. The van der Waals surface area contributed by atoms with E-state index in [4.69, 9.17) is 5.73 Å². The Kier molecular flexibility index (Phi) is 5.59. The number of hydrogen-bond acceptors (Lipinski definition) is 4. The fourth-order valence-corrected chi connectivity index (χ4v) is 1.46. The maximum atomic E-state index is 5.39. The van der Waals surface area contributed by atoms with Gasteiger partial charge in [0.15, 0.2) is 0 Å². The summed E-state index contributed by atoms with van der Waals surface area (Å²) in [5.74, 6) is 0. The molecule has 0 amide bonds. The number of nitrogens with one attached hydrogen (secondary N) is 1. The van der Waals surface area contributed by atoms with Crippen molar-refractivity contribution in [3.8, 4) is 0 Å². The van der Waals surface area contributed by atoms with Gasteiger partial charge in [-0.15, -0.1) is 11.8 Å². The van der Waals surface area contributed by atoms with Crippen LogP contribution in [0.1, 0.15) is 12.0 Å². The van der Waals surface area contributed by atoms with Crippen LogP contribution in [0.15, 0.2) is 23.4 Å². The summed E-state index contributed by atoms with van der Waals surface area (Å²) in [6, 6.07) is 4.15. The lowest BCUT2D eigenvalue weighted by molar-refractivity contribution is 0.653. The van der Waals surface area contributed by atoms with Crippen LogP contribution in [0, 0.1) is 0 Å². The van der Waals surface area contributed by atoms with Gasteiger partial charge < -0.3 is 11.1 Å². The summed E-state index contributed by atoms with van der Waals surface area (Å²) in [6.07, 6.45) is 4.97. The lowest BCUT2D eigenvalue weighted by Crippen LogP contribution is -2.17. The third kappa shape index (κ3) is 4.09. The van der Waals surface area contributed by atoms with E-state index in [2.05, 4.69) is 16.4 Å². The van der Waals surface area contributed by atoms with Crippen LogP contribution in [0.3, 0.4) is 0 Å². The zero-order valence-corrected chi connectivity index (χ0v) is 9.31. The Hall–Kier alpha value is -0.580. The predicted octanol–water partition coefficient (Wildman–Crippen LogP) is 1.24. The van der Waals surface area contributed by atoms with Gasteiger partial charge in [-0.05, 0) is 37.4 Å². The number of hydrogen-bond donors (Lipinski definition) is 2. The number of rotatable bonds is 6. The molecule has 0 unspecified atom stereocenters. The monoisotopic (exact) mass is 211 g/mol. The Labute approximate surface area is 89.5 Å². The minimum Gasteiger partial charge on any atom is -0.330 e. The molecular weight excluding hydrogens is 194 g/mol. The Morgan fingerprint density at radius 1 is 1.50 bits per heavy atom. The SMILES string of the molecule is CSc1ccc(CNCCCN)cn1. The number of pyridine rings is 1. The minimum atomic E-state index is 0.747. The molecule has 0 bridgehead atoms. The molecule has 0 atom stereocenters. The van der Waals surface area contributed by atoms with Gasteiger partial charge in [0.25, 0.3) is 0 Å².